The monoisotopic (exact) mass is 296 g/mol. The zero-order valence-electron chi connectivity index (χ0n) is 11.7. The molecule has 1 amide bonds. The summed E-state index contributed by atoms with van der Waals surface area (Å²) in [4.78, 5) is 12.4. The van der Waals surface area contributed by atoms with E-state index in [0.29, 0.717) is 13.2 Å². The fourth-order valence-corrected chi connectivity index (χ4v) is 2.05. The summed E-state index contributed by atoms with van der Waals surface area (Å²) < 4.78 is 10.2. The van der Waals surface area contributed by atoms with Gasteiger partial charge in [-0.25, -0.2) is 0 Å². The van der Waals surface area contributed by atoms with Crippen LogP contribution in [0.4, 0.5) is 0 Å². The summed E-state index contributed by atoms with van der Waals surface area (Å²) in [5.41, 5.74) is 6.46. The summed E-state index contributed by atoms with van der Waals surface area (Å²) in [6.45, 7) is 0.745. The van der Waals surface area contributed by atoms with E-state index in [0.717, 1.165) is 5.56 Å². The van der Waals surface area contributed by atoms with Crippen LogP contribution in [0.2, 0.25) is 0 Å². The molecule has 0 aliphatic rings. The molecular formula is C14H20N2O3S. The van der Waals surface area contributed by atoms with E-state index in [4.69, 9.17) is 27.4 Å². The zero-order valence-corrected chi connectivity index (χ0v) is 12.5. The van der Waals surface area contributed by atoms with Gasteiger partial charge in [-0.3, -0.25) is 4.79 Å². The van der Waals surface area contributed by atoms with E-state index in [1.54, 1.807) is 14.2 Å². The van der Waals surface area contributed by atoms with Crippen molar-refractivity contribution in [3.8, 4) is 0 Å². The maximum Gasteiger partial charge on any atom is 0.234 e. The van der Waals surface area contributed by atoms with E-state index in [2.05, 4.69) is 5.32 Å². The van der Waals surface area contributed by atoms with E-state index in [1.165, 1.54) is 0 Å². The number of benzene rings is 1. The highest BCUT2D eigenvalue weighted by Gasteiger charge is 2.23. The highest BCUT2D eigenvalue weighted by molar-refractivity contribution is 7.80. The standard InChI is InChI=1S/C14H20N2O3S/c1-18-9-11(19-2)8-16-14(17)12(13(15)20)10-6-4-3-5-7-10/h3-7,11-12H,8-9H2,1-2H3,(H2,15,20)(H,16,17). The van der Waals surface area contributed by atoms with Gasteiger partial charge in [0.15, 0.2) is 0 Å². The average molecular weight is 296 g/mol. The first-order chi connectivity index (χ1) is 9.60. The number of nitrogens with one attached hydrogen (secondary N) is 1. The van der Waals surface area contributed by atoms with Gasteiger partial charge in [0.05, 0.1) is 17.7 Å². The first kappa shape index (κ1) is 16.6. The number of hydrogen-bond acceptors (Lipinski definition) is 4. The van der Waals surface area contributed by atoms with Crippen LogP contribution in [0.1, 0.15) is 11.5 Å². The molecule has 110 valence electrons. The lowest BCUT2D eigenvalue weighted by Crippen LogP contribution is -2.41. The molecule has 0 bridgehead atoms. The highest BCUT2D eigenvalue weighted by Crippen LogP contribution is 2.16. The first-order valence-corrected chi connectivity index (χ1v) is 6.64. The average Bonchev–Trinajstić information content (AvgIpc) is 2.44. The fourth-order valence-electron chi connectivity index (χ4n) is 1.80. The second-order valence-electron chi connectivity index (χ2n) is 4.30. The van der Waals surface area contributed by atoms with Crippen LogP contribution in [0.5, 0.6) is 0 Å². The minimum Gasteiger partial charge on any atom is -0.392 e. The van der Waals surface area contributed by atoms with Crippen LogP contribution in [0.25, 0.3) is 0 Å². The minimum absolute atomic E-state index is 0.148. The summed E-state index contributed by atoms with van der Waals surface area (Å²) in [7, 11) is 3.15. The maximum atomic E-state index is 12.2. The largest absolute Gasteiger partial charge is 0.392 e. The maximum absolute atomic E-state index is 12.2. The topological polar surface area (TPSA) is 73.6 Å². The minimum atomic E-state index is -0.633. The van der Waals surface area contributed by atoms with Crippen molar-refractivity contribution in [2.75, 3.05) is 27.4 Å². The Kier molecular flexibility index (Phi) is 7.14. The molecule has 0 aliphatic carbocycles. The van der Waals surface area contributed by atoms with Gasteiger partial charge in [-0.05, 0) is 5.56 Å². The number of carbonyl (C=O) groups is 1. The van der Waals surface area contributed by atoms with Crippen molar-refractivity contribution < 1.29 is 14.3 Å². The molecule has 0 saturated carbocycles. The third kappa shape index (κ3) is 4.88. The lowest BCUT2D eigenvalue weighted by molar-refractivity contribution is -0.121. The molecular weight excluding hydrogens is 276 g/mol. The summed E-state index contributed by atoms with van der Waals surface area (Å²) in [5, 5.41) is 2.79. The number of amides is 1. The van der Waals surface area contributed by atoms with Gasteiger partial charge in [-0.15, -0.1) is 0 Å². The van der Waals surface area contributed by atoms with E-state index in [9.17, 15) is 4.79 Å². The SMILES string of the molecule is COCC(CNC(=O)C(C(N)=S)c1ccccc1)OC. The smallest absolute Gasteiger partial charge is 0.234 e. The Morgan fingerprint density at radius 2 is 2.00 bits per heavy atom. The van der Waals surface area contributed by atoms with Gasteiger partial charge >= 0.3 is 0 Å². The van der Waals surface area contributed by atoms with Crippen LogP contribution < -0.4 is 11.1 Å². The van der Waals surface area contributed by atoms with Crippen LogP contribution >= 0.6 is 12.2 Å². The second-order valence-corrected chi connectivity index (χ2v) is 4.78. The van der Waals surface area contributed by atoms with Crippen LogP contribution in [0, 0.1) is 0 Å². The number of methoxy groups -OCH3 is 2. The Bertz CT molecular complexity index is 439. The third-order valence-electron chi connectivity index (χ3n) is 2.87. The Hall–Kier alpha value is -1.50. The van der Waals surface area contributed by atoms with Gasteiger partial charge < -0.3 is 20.5 Å². The fraction of sp³-hybridized carbons (Fsp3) is 0.429. The Labute approximate surface area is 124 Å². The van der Waals surface area contributed by atoms with Crippen molar-refractivity contribution in [3.05, 3.63) is 35.9 Å². The number of hydrogen-bond donors (Lipinski definition) is 2. The third-order valence-corrected chi connectivity index (χ3v) is 3.11. The normalized spacial score (nSPS) is 13.5. The van der Waals surface area contributed by atoms with Crippen molar-refractivity contribution in [2.45, 2.75) is 12.0 Å². The summed E-state index contributed by atoms with van der Waals surface area (Å²) in [5.74, 6) is -0.867. The molecule has 1 rings (SSSR count). The summed E-state index contributed by atoms with van der Waals surface area (Å²) in [6, 6.07) is 9.21. The van der Waals surface area contributed by atoms with E-state index < -0.39 is 5.92 Å². The molecule has 2 atom stereocenters. The number of ether oxygens (including phenoxy) is 2. The molecule has 0 aromatic heterocycles. The molecule has 20 heavy (non-hydrogen) atoms. The molecule has 0 radical (unpaired) electrons. The van der Waals surface area contributed by atoms with Crippen LogP contribution in [0.15, 0.2) is 30.3 Å². The van der Waals surface area contributed by atoms with E-state index in [-0.39, 0.29) is 17.0 Å². The molecule has 5 nitrogen and oxygen atoms in total. The Balaban J connectivity index is 2.69. The number of nitrogens with two attached hydrogens (primary N) is 1. The molecule has 1 aromatic rings. The van der Waals surface area contributed by atoms with Crippen LogP contribution in [-0.4, -0.2) is 44.4 Å². The van der Waals surface area contributed by atoms with Crippen molar-refractivity contribution >= 4 is 23.1 Å². The molecule has 0 fully saturated rings. The number of rotatable bonds is 8. The molecule has 0 aliphatic heterocycles. The van der Waals surface area contributed by atoms with Gasteiger partial charge in [0.2, 0.25) is 5.91 Å². The van der Waals surface area contributed by atoms with Gasteiger partial charge in [0, 0.05) is 20.8 Å². The predicted molar refractivity (Wildman–Crippen MR) is 81.7 cm³/mol. The summed E-state index contributed by atoms with van der Waals surface area (Å²) in [6.07, 6.45) is -0.202. The Morgan fingerprint density at radius 1 is 1.35 bits per heavy atom. The predicted octanol–water partition coefficient (Wildman–Crippen LogP) is 0.834. The molecule has 3 N–H and O–H groups in total. The summed E-state index contributed by atoms with van der Waals surface area (Å²) >= 11 is 5.00. The van der Waals surface area contributed by atoms with Gasteiger partial charge in [0.25, 0.3) is 0 Å². The first-order valence-electron chi connectivity index (χ1n) is 6.23. The Morgan fingerprint density at radius 3 is 2.50 bits per heavy atom. The van der Waals surface area contributed by atoms with Gasteiger partial charge in [-0.2, -0.15) is 0 Å². The van der Waals surface area contributed by atoms with Crippen molar-refractivity contribution in [2.24, 2.45) is 5.73 Å². The highest BCUT2D eigenvalue weighted by atomic mass is 32.1. The number of carbonyl (C=O) groups excluding carboxylic acids is 1. The molecule has 2 unspecified atom stereocenters. The van der Waals surface area contributed by atoms with Crippen molar-refractivity contribution in [1.29, 1.82) is 0 Å². The molecule has 6 heteroatoms. The molecule has 0 heterocycles. The van der Waals surface area contributed by atoms with E-state index >= 15 is 0 Å². The molecule has 0 spiro atoms. The molecule has 1 aromatic carbocycles. The van der Waals surface area contributed by atoms with Crippen molar-refractivity contribution in [3.63, 3.8) is 0 Å². The van der Waals surface area contributed by atoms with Gasteiger partial charge in [-0.1, -0.05) is 42.5 Å². The van der Waals surface area contributed by atoms with Crippen molar-refractivity contribution in [1.82, 2.24) is 5.32 Å². The second kappa shape index (κ2) is 8.63. The molecule has 0 saturated heterocycles. The lowest BCUT2D eigenvalue weighted by atomic mass is 9.98. The number of thiocarbonyl (C=S) groups is 1. The van der Waals surface area contributed by atoms with Crippen LogP contribution in [0.3, 0.4) is 0 Å². The quantitative estimate of drug-likeness (QED) is 0.695. The van der Waals surface area contributed by atoms with Gasteiger partial charge in [0.1, 0.15) is 5.92 Å². The van der Waals surface area contributed by atoms with Crippen LogP contribution in [-0.2, 0) is 14.3 Å². The van der Waals surface area contributed by atoms with E-state index in [1.807, 2.05) is 30.3 Å². The lowest BCUT2D eigenvalue weighted by Gasteiger charge is -2.19. The zero-order chi connectivity index (χ0) is 15.0.